The number of halogens is 1. The lowest BCUT2D eigenvalue weighted by molar-refractivity contribution is -0.384. The third-order valence-corrected chi connectivity index (χ3v) is 4.00. The first kappa shape index (κ1) is 14.2. The zero-order valence-electron chi connectivity index (χ0n) is 10.6. The topological polar surface area (TPSA) is 98.3 Å². The summed E-state index contributed by atoms with van der Waals surface area (Å²) in [6, 6.07) is 3.61. The van der Waals surface area contributed by atoms with Crippen LogP contribution in [0.3, 0.4) is 0 Å². The van der Waals surface area contributed by atoms with E-state index >= 15 is 0 Å². The van der Waals surface area contributed by atoms with Crippen LogP contribution >= 0.6 is 15.9 Å². The van der Waals surface area contributed by atoms with E-state index in [-0.39, 0.29) is 16.9 Å². The summed E-state index contributed by atoms with van der Waals surface area (Å²) < 4.78 is 2.09. The fourth-order valence-corrected chi connectivity index (χ4v) is 2.09. The highest BCUT2D eigenvalue weighted by Gasteiger charge is 2.21. The van der Waals surface area contributed by atoms with Crippen LogP contribution in [0.1, 0.15) is 21.7 Å². The van der Waals surface area contributed by atoms with Gasteiger partial charge in [-0.3, -0.25) is 10.1 Å². The quantitative estimate of drug-likeness (QED) is 0.684. The maximum absolute atomic E-state index is 11.1. The first-order valence-corrected chi connectivity index (χ1v) is 6.36. The molecule has 1 aromatic carbocycles. The first-order valence-electron chi connectivity index (χ1n) is 5.56. The van der Waals surface area contributed by atoms with Crippen LogP contribution in [0.5, 0.6) is 0 Å². The van der Waals surface area contributed by atoms with Gasteiger partial charge in [0.05, 0.1) is 26.3 Å². The van der Waals surface area contributed by atoms with Gasteiger partial charge in [0.2, 0.25) is 0 Å². The predicted octanol–water partition coefficient (Wildman–Crippen LogP) is 2.86. The zero-order valence-corrected chi connectivity index (χ0v) is 12.2. The molecule has 0 spiro atoms. The molecule has 0 fully saturated rings. The molecule has 0 atom stereocenters. The van der Waals surface area contributed by atoms with Gasteiger partial charge in [-0.25, -0.2) is 9.48 Å². The van der Waals surface area contributed by atoms with E-state index in [1.165, 1.54) is 22.9 Å². The first-order chi connectivity index (χ1) is 9.32. The number of carboxylic acid groups (broad SMARTS) is 1. The molecule has 0 aliphatic rings. The van der Waals surface area contributed by atoms with E-state index in [1.54, 1.807) is 13.8 Å². The summed E-state index contributed by atoms with van der Waals surface area (Å²) in [5.74, 6) is -1.15. The molecular formula is C12H10BrN3O4. The average Bonchev–Trinajstić information content (AvgIpc) is 2.65. The number of carbonyl (C=O) groups is 1. The molecule has 2 aromatic rings. The number of nitro groups is 1. The highest BCUT2D eigenvalue weighted by Crippen LogP contribution is 2.29. The van der Waals surface area contributed by atoms with E-state index in [0.29, 0.717) is 11.4 Å². The number of aromatic nitrogens is 2. The fourth-order valence-electron chi connectivity index (χ4n) is 1.84. The second kappa shape index (κ2) is 5.04. The molecule has 0 saturated carbocycles. The predicted molar refractivity (Wildman–Crippen MR) is 74.4 cm³/mol. The van der Waals surface area contributed by atoms with Gasteiger partial charge in [-0.1, -0.05) is 0 Å². The molecule has 20 heavy (non-hydrogen) atoms. The van der Waals surface area contributed by atoms with Crippen molar-refractivity contribution in [2.75, 3.05) is 0 Å². The van der Waals surface area contributed by atoms with Crippen molar-refractivity contribution < 1.29 is 14.8 Å². The molecule has 2 rings (SSSR count). The van der Waals surface area contributed by atoms with Gasteiger partial charge in [0.1, 0.15) is 5.69 Å². The van der Waals surface area contributed by atoms with Gasteiger partial charge < -0.3 is 5.11 Å². The maximum atomic E-state index is 11.1. The molecule has 1 heterocycles. The number of aryl methyl sites for hydroxylation is 1. The Morgan fingerprint density at radius 3 is 2.55 bits per heavy atom. The minimum Gasteiger partial charge on any atom is -0.478 e. The van der Waals surface area contributed by atoms with Gasteiger partial charge in [0.25, 0.3) is 5.69 Å². The molecule has 0 unspecified atom stereocenters. The average molecular weight is 340 g/mol. The Morgan fingerprint density at radius 1 is 1.45 bits per heavy atom. The number of carboxylic acids is 1. The number of nitrogens with zero attached hydrogens (tertiary/aromatic N) is 3. The van der Waals surface area contributed by atoms with Crippen molar-refractivity contribution in [3.63, 3.8) is 0 Å². The molecule has 7 nitrogen and oxygen atoms in total. The molecule has 0 aliphatic carbocycles. The van der Waals surface area contributed by atoms with Crippen molar-refractivity contribution in [3.05, 3.63) is 49.7 Å². The standard InChI is InChI=1S/C12H10BrN3O4/c1-6-11(13)7(2)15(14-6)10-5-8(12(17)18)3-4-9(10)16(19)20/h3-5H,1-2H3,(H,17,18). The van der Waals surface area contributed by atoms with Gasteiger partial charge >= 0.3 is 5.97 Å². The van der Waals surface area contributed by atoms with E-state index < -0.39 is 10.9 Å². The highest BCUT2D eigenvalue weighted by molar-refractivity contribution is 9.10. The number of rotatable bonds is 3. The molecule has 0 amide bonds. The Bertz CT molecular complexity index is 724. The lowest BCUT2D eigenvalue weighted by atomic mass is 10.1. The van der Waals surface area contributed by atoms with Crippen LogP contribution in [-0.4, -0.2) is 25.8 Å². The molecule has 0 aliphatic heterocycles. The molecule has 0 saturated heterocycles. The van der Waals surface area contributed by atoms with Crippen LogP contribution in [0.15, 0.2) is 22.7 Å². The van der Waals surface area contributed by atoms with E-state index in [9.17, 15) is 14.9 Å². The number of nitro benzene ring substituents is 1. The summed E-state index contributed by atoms with van der Waals surface area (Å²) in [6.45, 7) is 3.49. The lowest BCUT2D eigenvalue weighted by Crippen LogP contribution is -2.06. The SMILES string of the molecule is Cc1nn(-c2cc(C(=O)O)ccc2[N+](=O)[O-])c(C)c1Br. The monoisotopic (exact) mass is 339 g/mol. The summed E-state index contributed by atoms with van der Waals surface area (Å²) in [7, 11) is 0. The summed E-state index contributed by atoms with van der Waals surface area (Å²) in [6.07, 6.45) is 0. The normalized spacial score (nSPS) is 10.6. The van der Waals surface area contributed by atoms with Crippen molar-refractivity contribution >= 4 is 27.6 Å². The fraction of sp³-hybridized carbons (Fsp3) is 0.167. The molecule has 1 N–H and O–H groups in total. The summed E-state index contributed by atoms with van der Waals surface area (Å²) in [4.78, 5) is 21.5. The Morgan fingerprint density at radius 2 is 2.10 bits per heavy atom. The second-order valence-corrected chi connectivity index (χ2v) is 4.96. The Hall–Kier alpha value is -2.22. The second-order valence-electron chi connectivity index (χ2n) is 4.16. The summed E-state index contributed by atoms with van der Waals surface area (Å²) >= 11 is 3.34. The molecule has 1 aromatic heterocycles. The van der Waals surface area contributed by atoms with E-state index in [2.05, 4.69) is 21.0 Å². The summed E-state index contributed by atoms with van der Waals surface area (Å²) in [5, 5.41) is 24.3. The van der Waals surface area contributed by atoms with E-state index in [1.807, 2.05) is 0 Å². The van der Waals surface area contributed by atoms with Crippen LogP contribution in [0.4, 0.5) is 5.69 Å². The van der Waals surface area contributed by atoms with Crippen molar-refractivity contribution in [3.8, 4) is 5.69 Å². The number of hydrogen-bond acceptors (Lipinski definition) is 4. The Labute approximate surface area is 122 Å². The molecular weight excluding hydrogens is 330 g/mol. The number of benzene rings is 1. The van der Waals surface area contributed by atoms with Gasteiger partial charge in [0, 0.05) is 6.07 Å². The van der Waals surface area contributed by atoms with E-state index in [0.717, 1.165) is 4.47 Å². The summed E-state index contributed by atoms with van der Waals surface area (Å²) in [5.41, 5.74) is 1.22. The highest BCUT2D eigenvalue weighted by atomic mass is 79.9. The largest absolute Gasteiger partial charge is 0.478 e. The van der Waals surface area contributed by atoms with Gasteiger partial charge in [-0.15, -0.1) is 0 Å². The smallest absolute Gasteiger partial charge is 0.335 e. The van der Waals surface area contributed by atoms with Gasteiger partial charge in [-0.2, -0.15) is 5.10 Å². The molecule has 0 bridgehead atoms. The van der Waals surface area contributed by atoms with Crippen molar-refractivity contribution in [1.82, 2.24) is 9.78 Å². The molecule has 8 heteroatoms. The molecule has 104 valence electrons. The third-order valence-electron chi connectivity index (χ3n) is 2.85. The van der Waals surface area contributed by atoms with Crippen LogP contribution in [0.2, 0.25) is 0 Å². The molecule has 0 radical (unpaired) electrons. The maximum Gasteiger partial charge on any atom is 0.335 e. The minimum atomic E-state index is -1.15. The van der Waals surface area contributed by atoms with Crippen molar-refractivity contribution in [2.24, 2.45) is 0 Å². The Kier molecular flexibility index (Phi) is 3.58. The number of hydrogen-bond donors (Lipinski definition) is 1. The number of aromatic carboxylic acids is 1. The lowest BCUT2D eigenvalue weighted by Gasteiger charge is -2.06. The van der Waals surface area contributed by atoms with Gasteiger partial charge in [-0.05, 0) is 41.9 Å². The van der Waals surface area contributed by atoms with Crippen molar-refractivity contribution in [2.45, 2.75) is 13.8 Å². The van der Waals surface area contributed by atoms with Crippen molar-refractivity contribution in [1.29, 1.82) is 0 Å². The minimum absolute atomic E-state index is 0.0331. The van der Waals surface area contributed by atoms with Crippen LogP contribution < -0.4 is 0 Å². The third kappa shape index (κ3) is 2.29. The van der Waals surface area contributed by atoms with Crippen LogP contribution in [-0.2, 0) is 0 Å². The van der Waals surface area contributed by atoms with Crippen LogP contribution in [0, 0.1) is 24.0 Å². The van der Waals surface area contributed by atoms with Crippen LogP contribution in [0.25, 0.3) is 5.69 Å². The Balaban J connectivity index is 2.75. The zero-order chi connectivity index (χ0) is 15.0. The van der Waals surface area contributed by atoms with E-state index in [4.69, 9.17) is 5.11 Å². The van der Waals surface area contributed by atoms with Gasteiger partial charge in [0.15, 0.2) is 0 Å².